The van der Waals surface area contributed by atoms with Gasteiger partial charge in [-0.2, -0.15) is 0 Å². The van der Waals surface area contributed by atoms with Gasteiger partial charge in [-0.05, 0) is 24.7 Å². The van der Waals surface area contributed by atoms with Crippen molar-refractivity contribution in [3.8, 4) is 0 Å². The SMILES string of the molecule is COCCC(C)(C)CNC1CCCNC(=O)C1. The fourth-order valence-electron chi connectivity index (χ4n) is 2.04. The van der Waals surface area contributed by atoms with Gasteiger partial charge in [-0.3, -0.25) is 4.79 Å². The van der Waals surface area contributed by atoms with Gasteiger partial charge >= 0.3 is 0 Å². The van der Waals surface area contributed by atoms with Crippen molar-refractivity contribution in [2.75, 3.05) is 26.8 Å². The number of carbonyl (C=O) groups excluding carboxylic acids is 1. The maximum absolute atomic E-state index is 11.4. The highest BCUT2D eigenvalue weighted by Gasteiger charge is 2.22. The van der Waals surface area contributed by atoms with Crippen molar-refractivity contribution in [1.29, 1.82) is 0 Å². The second kappa shape index (κ2) is 6.97. The molecule has 100 valence electrons. The molecule has 0 aliphatic carbocycles. The molecule has 4 heteroatoms. The van der Waals surface area contributed by atoms with E-state index in [0.717, 1.165) is 39.0 Å². The zero-order chi connectivity index (χ0) is 12.7. The minimum Gasteiger partial charge on any atom is -0.385 e. The van der Waals surface area contributed by atoms with Gasteiger partial charge in [-0.15, -0.1) is 0 Å². The zero-order valence-corrected chi connectivity index (χ0v) is 11.3. The van der Waals surface area contributed by atoms with Crippen LogP contribution in [0.2, 0.25) is 0 Å². The van der Waals surface area contributed by atoms with Gasteiger partial charge < -0.3 is 15.4 Å². The van der Waals surface area contributed by atoms with Crippen LogP contribution in [-0.2, 0) is 9.53 Å². The fraction of sp³-hybridized carbons (Fsp3) is 0.923. The first kappa shape index (κ1) is 14.5. The van der Waals surface area contributed by atoms with Crippen molar-refractivity contribution in [2.45, 2.75) is 45.6 Å². The van der Waals surface area contributed by atoms with E-state index in [2.05, 4.69) is 24.5 Å². The molecular weight excluding hydrogens is 216 g/mol. The molecule has 0 aromatic carbocycles. The molecule has 2 N–H and O–H groups in total. The number of rotatable bonds is 6. The molecule has 1 rings (SSSR count). The van der Waals surface area contributed by atoms with Crippen LogP contribution in [0.1, 0.15) is 39.5 Å². The summed E-state index contributed by atoms with van der Waals surface area (Å²) < 4.78 is 5.11. The van der Waals surface area contributed by atoms with E-state index in [9.17, 15) is 4.79 Å². The maximum atomic E-state index is 11.4. The lowest BCUT2D eigenvalue weighted by Crippen LogP contribution is -2.39. The highest BCUT2D eigenvalue weighted by atomic mass is 16.5. The van der Waals surface area contributed by atoms with Crippen molar-refractivity contribution in [3.63, 3.8) is 0 Å². The zero-order valence-electron chi connectivity index (χ0n) is 11.3. The van der Waals surface area contributed by atoms with Gasteiger partial charge in [0.15, 0.2) is 0 Å². The lowest BCUT2D eigenvalue weighted by molar-refractivity contribution is -0.121. The number of amides is 1. The quantitative estimate of drug-likeness (QED) is 0.738. The Balaban J connectivity index is 2.30. The summed E-state index contributed by atoms with van der Waals surface area (Å²) in [6.07, 6.45) is 3.80. The normalized spacial score (nSPS) is 22.1. The Kier molecular flexibility index (Phi) is 5.92. The largest absolute Gasteiger partial charge is 0.385 e. The second-order valence-electron chi connectivity index (χ2n) is 5.68. The van der Waals surface area contributed by atoms with Gasteiger partial charge in [-0.25, -0.2) is 0 Å². The Hall–Kier alpha value is -0.610. The molecule has 1 unspecified atom stereocenters. The van der Waals surface area contributed by atoms with Gasteiger partial charge in [0, 0.05) is 39.3 Å². The average molecular weight is 242 g/mol. The first-order valence-electron chi connectivity index (χ1n) is 6.52. The summed E-state index contributed by atoms with van der Waals surface area (Å²) in [5.74, 6) is 0.176. The van der Waals surface area contributed by atoms with Gasteiger partial charge in [0.2, 0.25) is 5.91 Å². The standard InChI is InChI=1S/C13H26N2O2/c1-13(2,6-8-17-3)10-15-11-5-4-7-14-12(16)9-11/h11,15H,4-10H2,1-3H3,(H,14,16). The van der Waals surface area contributed by atoms with Crippen molar-refractivity contribution in [1.82, 2.24) is 10.6 Å². The van der Waals surface area contributed by atoms with E-state index in [0.29, 0.717) is 12.5 Å². The molecule has 0 spiro atoms. The molecule has 1 aliphatic heterocycles. The summed E-state index contributed by atoms with van der Waals surface area (Å²) in [4.78, 5) is 11.4. The number of hydrogen-bond donors (Lipinski definition) is 2. The topological polar surface area (TPSA) is 50.4 Å². The Morgan fingerprint density at radius 2 is 2.29 bits per heavy atom. The summed E-state index contributed by atoms with van der Waals surface area (Å²) in [6.45, 7) is 7.02. The van der Waals surface area contributed by atoms with Crippen molar-refractivity contribution >= 4 is 5.91 Å². The molecule has 1 aliphatic rings. The van der Waals surface area contributed by atoms with E-state index < -0.39 is 0 Å². The average Bonchev–Trinajstić information content (AvgIpc) is 2.49. The Labute approximate surface area is 104 Å². The van der Waals surface area contributed by atoms with Crippen LogP contribution in [0.4, 0.5) is 0 Å². The third-order valence-electron chi connectivity index (χ3n) is 3.34. The van der Waals surface area contributed by atoms with Crippen LogP contribution < -0.4 is 10.6 Å². The second-order valence-corrected chi connectivity index (χ2v) is 5.68. The summed E-state index contributed by atoms with van der Waals surface area (Å²) in [5.41, 5.74) is 0.221. The smallest absolute Gasteiger partial charge is 0.221 e. The van der Waals surface area contributed by atoms with Crippen LogP contribution in [0, 0.1) is 5.41 Å². The van der Waals surface area contributed by atoms with Gasteiger partial charge in [-0.1, -0.05) is 13.8 Å². The Morgan fingerprint density at radius 1 is 1.53 bits per heavy atom. The Bertz CT molecular complexity index is 242. The molecular formula is C13H26N2O2. The molecule has 1 amide bonds. The molecule has 0 aromatic heterocycles. The van der Waals surface area contributed by atoms with Crippen molar-refractivity contribution < 1.29 is 9.53 Å². The summed E-state index contributed by atoms with van der Waals surface area (Å²) >= 11 is 0. The number of nitrogens with one attached hydrogen (secondary N) is 2. The van der Waals surface area contributed by atoms with Crippen LogP contribution in [-0.4, -0.2) is 38.8 Å². The van der Waals surface area contributed by atoms with Gasteiger partial charge in [0.1, 0.15) is 0 Å². The molecule has 0 bridgehead atoms. The number of methoxy groups -OCH3 is 1. The number of ether oxygens (including phenoxy) is 1. The first-order chi connectivity index (χ1) is 8.03. The molecule has 1 heterocycles. The molecule has 1 atom stereocenters. The maximum Gasteiger partial charge on any atom is 0.221 e. The number of carbonyl (C=O) groups is 1. The van der Waals surface area contributed by atoms with E-state index in [1.165, 1.54) is 0 Å². The highest BCUT2D eigenvalue weighted by Crippen LogP contribution is 2.19. The van der Waals surface area contributed by atoms with Crippen LogP contribution in [0.25, 0.3) is 0 Å². The van der Waals surface area contributed by atoms with E-state index in [1.807, 2.05) is 0 Å². The van der Waals surface area contributed by atoms with Crippen molar-refractivity contribution in [2.24, 2.45) is 5.41 Å². The van der Waals surface area contributed by atoms with Gasteiger partial charge in [0.05, 0.1) is 0 Å². The monoisotopic (exact) mass is 242 g/mol. The van der Waals surface area contributed by atoms with Crippen molar-refractivity contribution in [3.05, 3.63) is 0 Å². The molecule has 1 fully saturated rings. The van der Waals surface area contributed by atoms with Crippen LogP contribution in [0.5, 0.6) is 0 Å². The van der Waals surface area contributed by atoms with Crippen LogP contribution in [0.15, 0.2) is 0 Å². The third kappa shape index (κ3) is 6.03. The summed E-state index contributed by atoms with van der Waals surface area (Å²) in [7, 11) is 1.74. The van der Waals surface area contributed by atoms with Crippen LogP contribution >= 0.6 is 0 Å². The van der Waals surface area contributed by atoms with Gasteiger partial charge in [0.25, 0.3) is 0 Å². The minimum atomic E-state index is 0.176. The lowest BCUT2D eigenvalue weighted by Gasteiger charge is -2.27. The number of hydrogen-bond acceptors (Lipinski definition) is 3. The summed E-state index contributed by atoms with van der Waals surface area (Å²) in [5, 5.41) is 6.43. The van der Waals surface area contributed by atoms with Crippen LogP contribution in [0.3, 0.4) is 0 Å². The molecule has 0 aromatic rings. The molecule has 0 radical (unpaired) electrons. The molecule has 1 saturated heterocycles. The molecule has 0 saturated carbocycles. The molecule has 4 nitrogen and oxygen atoms in total. The van der Waals surface area contributed by atoms with E-state index in [1.54, 1.807) is 7.11 Å². The van der Waals surface area contributed by atoms with E-state index in [4.69, 9.17) is 4.74 Å². The Morgan fingerprint density at radius 3 is 3.00 bits per heavy atom. The fourth-order valence-corrected chi connectivity index (χ4v) is 2.04. The lowest BCUT2D eigenvalue weighted by atomic mass is 9.89. The highest BCUT2D eigenvalue weighted by molar-refractivity contribution is 5.76. The third-order valence-corrected chi connectivity index (χ3v) is 3.34. The predicted octanol–water partition coefficient (Wildman–Crippen LogP) is 1.31. The summed E-state index contributed by atoms with van der Waals surface area (Å²) in [6, 6.07) is 0.333. The minimum absolute atomic E-state index is 0.176. The molecule has 17 heavy (non-hydrogen) atoms. The first-order valence-corrected chi connectivity index (χ1v) is 6.52. The van der Waals surface area contributed by atoms with E-state index >= 15 is 0 Å². The van der Waals surface area contributed by atoms with E-state index in [-0.39, 0.29) is 11.3 Å². The predicted molar refractivity (Wildman–Crippen MR) is 68.9 cm³/mol.